The van der Waals surface area contributed by atoms with Crippen molar-refractivity contribution in [1.29, 1.82) is 0 Å². The summed E-state index contributed by atoms with van der Waals surface area (Å²) in [6.45, 7) is 6.36. The van der Waals surface area contributed by atoms with E-state index in [2.05, 4.69) is 40.0 Å². The Morgan fingerprint density at radius 3 is 2.46 bits per heavy atom. The summed E-state index contributed by atoms with van der Waals surface area (Å²) in [5, 5.41) is 7.41. The molecule has 3 aromatic rings. The van der Waals surface area contributed by atoms with E-state index >= 15 is 0 Å². The Hall–Kier alpha value is -2.95. The molecule has 1 heterocycles. The van der Waals surface area contributed by atoms with Crippen molar-refractivity contribution in [1.82, 2.24) is 4.98 Å². The second-order valence-corrected chi connectivity index (χ2v) is 7.24. The van der Waals surface area contributed by atoms with Crippen molar-refractivity contribution < 1.29 is 9.53 Å². The number of hydrogen-bond donors (Lipinski definition) is 3. The summed E-state index contributed by atoms with van der Waals surface area (Å²) < 4.78 is 5.24. The molecule has 3 N–H and O–H groups in total. The van der Waals surface area contributed by atoms with Gasteiger partial charge in [-0.3, -0.25) is 5.32 Å². The predicted octanol–water partition coefficient (Wildman–Crippen LogP) is 5.17. The lowest BCUT2D eigenvalue weighted by Crippen LogP contribution is -2.27. The fourth-order valence-electron chi connectivity index (χ4n) is 2.77. The van der Waals surface area contributed by atoms with Gasteiger partial charge in [0.1, 0.15) is 5.60 Å². The van der Waals surface area contributed by atoms with Crippen LogP contribution in [-0.4, -0.2) is 23.2 Å². The van der Waals surface area contributed by atoms with Crippen LogP contribution >= 0.6 is 0 Å². The first-order chi connectivity index (χ1) is 12.4. The second-order valence-electron chi connectivity index (χ2n) is 7.24. The highest BCUT2D eigenvalue weighted by Gasteiger charge is 2.16. The van der Waals surface area contributed by atoms with E-state index in [0.717, 1.165) is 18.7 Å². The monoisotopic (exact) mass is 351 g/mol. The van der Waals surface area contributed by atoms with Gasteiger partial charge < -0.3 is 15.0 Å². The van der Waals surface area contributed by atoms with Crippen LogP contribution in [0, 0.1) is 0 Å². The van der Waals surface area contributed by atoms with Crippen molar-refractivity contribution >= 4 is 28.4 Å². The first-order valence-corrected chi connectivity index (χ1v) is 8.80. The SMILES string of the molecule is CC(C)(C)OC(=O)Nc1ccc(NCCc2c[nH]c3ccccc23)cc1. The van der Waals surface area contributed by atoms with E-state index < -0.39 is 11.7 Å². The molecule has 2 aromatic carbocycles. The lowest BCUT2D eigenvalue weighted by atomic mass is 10.1. The molecule has 5 nitrogen and oxygen atoms in total. The number of fused-ring (bicyclic) bond motifs is 1. The van der Waals surface area contributed by atoms with Gasteiger partial charge in [-0.15, -0.1) is 0 Å². The molecule has 0 radical (unpaired) electrons. The molecule has 0 saturated heterocycles. The van der Waals surface area contributed by atoms with E-state index in [1.165, 1.54) is 16.5 Å². The van der Waals surface area contributed by atoms with Crippen LogP contribution in [0.3, 0.4) is 0 Å². The van der Waals surface area contributed by atoms with Crippen LogP contribution in [0.15, 0.2) is 54.7 Å². The lowest BCUT2D eigenvalue weighted by Gasteiger charge is -2.19. The third kappa shape index (κ3) is 4.79. The summed E-state index contributed by atoms with van der Waals surface area (Å²) in [4.78, 5) is 15.1. The van der Waals surface area contributed by atoms with Crippen molar-refractivity contribution in [2.24, 2.45) is 0 Å². The van der Waals surface area contributed by atoms with Gasteiger partial charge in [-0.1, -0.05) is 18.2 Å². The molecule has 0 bridgehead atoms. The highest BCUT2D eigenvalue weighted by Crippen LogP contribution is 2.19. The Bertz CT molecular complexity index is 876. The molecule has 3 rings (SSSR count). The van der Waals surface area contributed by atoms with E-state index in [1.54, 1.807) is 0 Å². The minimum Gasteiger partial charge on any atom is -0.444 e. The molecule has 0 aliphatic rings. The van der Waals surface area contributed by atoms with Crippen LogP contribution < -0.4 is 10.6 Å². The molecule has 0 fully saturated rings. The Kier molecular flexibility index (Phi) is 5.16. The summed E-state index contributed by atoms with van der Waals surface area (Å²) in [6.07, 6.45) is 2.56. The van der Waals surface area contributed by atoms with E-state index in [0.29, 0.717) is 5.69 Å². The average Bonchev–Trinajstić information content (AvgIpc) is 2.98. The average molecular weight is 351 g/mol. The highest BCUT2D eigenvalue weighted by atomic mass is 16.6. The maximum Gasteiger partial charge on any atom is 0.412 e. The number of ether oxygens (including phenoxy) is 1. The van der Waals surface area contributed by atoms with E-state index in [4.69, 9.17) is 4.74 Å². The Morgan fingerprint density at radius 1 is 1.04 bits per heavy atom. The van der Waals surface area contributed by atoms with Crippen LogP contribution in [0.1, 0.15) is 26.3 Å². The van der Waals surface area contributed by atoms with Gasteiger partial charge in [0, 0.05) is 35.0 Å². The minimum atomic E-state index is -0.506. The van der Waals surface area contributed by atoms with Gasteiger partial charge in [0.2, 0.25) is 0 Å². The lowest BCUT2D eigenvalue weighted by molar-refractivity contribution is 0.0636. The molecule has 0 unspecified atom stereocenters. The smallest absolute Gasteiger partial charge is 0.412 e. The zero-order valence-electron chi connectivity index (χ0n) is 15.4. The zero-order valence-corrected chi connectivity index (χ0v) is 15.4. The number of aromatic nitrogens is 1. The van der Waals surface area contributed by atoms with Gasteiger partial charge in [0.25, 0.3) is 0 Å². The Morgan fingerprint density at radius 2 is 1.73 bits per heavy atom. The van der Waals surface area contributed by atoms with E-state index in [-0.39, 0.29) is 0 Å². The molecule has 0 aliphatic carbocycles. The molecule has 136 valence electrons. The molecular weight excluding hydrogens is 326 g/mol. The third-order valence-electron chi connectivity index (χ3n) is 3.93. The predicted molar refractivity (Wildman–Crippen MR) is 107 cm³/mol. The first kappa shape index (κ1) is 17.9. The van der Waals surface area contributed by atoms with Crippen LogP contribution in [0.5, 0.6) is 0 Å². The van der Waals surface area contributed by atoms with Crippen molar-refractivity contribution in [2.75, 3.05) is 17.2 Å². The molecule has 0 atom stereocenters. The van der Waals surface area contributed by atoms with Crippen molar-refractivity contribution in [3.63, 3.8) is 0 Å². The summed E-state index contributed by atoms with van der Waals surface area (Å²) >= 11 is 0. The van der Waals surface area contributed by atoms with Crippen LogP contribution in [0.4, 0.5) is 16.2 Å². The number of carbonyl (C=O) groups excluding carboxylic acids is 1. The standard InChI is InChI=1S/C21H25N3O2/c1-21(2,3)26-20(25)24-17-10-8-16(9-11-17)22-13-12-15-14-23-19-7-5-4-6-18(15)19/h4-11,14,22-23H,12-13H2,1-3H3,(H,24,25). The number of carbonyl (C=O) groups is 1. The number of anilines is 2. The quantitative estimate of drug-likeness (QED) is 0.594. The van der Waals surface area contributed by atoms with Gasteiger partial charge in [-0.25, -0.2) is 4.79 Å². The van der Waals surface area contributed by atoms with Gasteiger partial charge >= 0.3 is 6.09 Å². The van der Waals surface area contributed by atoms with Gasteiger partial charge in [-0.2, -0.15) is 0 Å². The Labute approximate surface area is 153 Å². The number of H-pyrrole nitrogens is 1. The van der Waals surface area contributed by atoms with E-state index in [1.807, 2.05) is 51.1 Å². The first-order valence-electron chi connectivity index (χ1n) is 8.80. The van der Waals surface area contributed by atoms with Gasteiger partial charge in [0.05, 0.1) is 0 Å². The molecule has 1 amide bonds. The normalized spacial score (nSPS) is 11.3. The maximum absolute atomic E-state index is 11.8. The van der Waals surface area contributed by atoms with E-state index in [9.17, 15) is 4.79 Å². The number of benzene rings is 2. The highest BCUT2D eigenvalue weighted by molar-refractivity contribution is 5.85. The molecular formula is C21H25N3O2. The molecule has 26 heavy (non-hydrogen) atoms. The second kappa shape index (κ2) is 7.52. The molecule has 0 saturated carbocycles. The van der Waals surface area contributed by atoms with Crippen molar-refractivity contribution in [3.8, 4) is 0 Å². The zero-order chi connectivity index (χ0) is 18.6. The topological polar surface area (TPSA) is 66.2 Å². The van der Waals surface area contributed by atoms with Crippen LogP contribution in [-0.2, 0) is 11.2 Å². The fraction of sp³-hybridized carbons (Fsp3) is 0.286. The summed E-state index contributed by atoms with van der Waals surface area (Å²) in [6, 6.07) is 15.9. The van der Waals surface area contributed by atoms with Crippen LogP contribution in [0.2, 0.25) is 0 Å². The number of amides is 1. The largest absolute Gasteiger partial charge is 0.444 e. The molecule has 0 aliphatic heterocycles. The summed E-state index contributed by atoms with van der Waals surface area (Å²) in [5.41, 5.74) is 3.69. The number of para-hydroxylation sites is 1. The summed E-state index contributed by atoms with van der Waals surface area (Å²) in [5.74, 6) is 0. The number of nitrogens with one attached hydrogen (secondary N) is 3. The number of aromatic amines is 1. The fourth-order valence-corrected chi connectivity index (χ4v) is 2.77. The van der Waals surface area contributed by atoms with Crippen molar-refractivity contribution in [2.45, 2.75) is 32.8 Å². The minimum absolute atomic E-state index is 0.447. The number of hydrogen-bond acceptors (Lipinski definition) is 3. The van der Waals surface area contributed by atoms with Crippen molar-refractivity contribution in [3.05, 3.63) is 60.3 Å². The number of rotatable bonds is 5. The van der Waals surface area contributed by atoms with Crippen LogP contribution in [0.25, 0.3) is 10.9 Å². The maximum atomic E-state index is 11.8. The molecule has 1 aromatic heterocycles. The summed E-state index contributed by atoms with van der Waals surface area (Å²) in [7, 11) is 0. The molecule has 5 heteroatoms. The van der Waals surface area contributed by atoms with Gasteiger partial charge in [-0.05, 0) is 63.1 Å². The van der Waals surface area contributed by atoms with Gasteiger partial charge in [0.15, 0.2) is 0 Å². The molecule has 0 spiro atoms. The Balaban J connectivity index is 1.51. The third-order valence-corrected chi connectivity index (χ3v) is 3.93.